The highest BCUT2D eigenvalue weighted by Gasteiger charge is 2.57. The van der Waals surface area contributed by atoms with Crippen molar-refractivity contribution in [2.75, 3.05) is 11.4 Å². The number of hydrogen-bond donors (Lipinski definition) is 0. The van der Waals surface area contributed by atoms with Gasteiger partial charge in [0.25, 0.3) is 5.91 Å². The summed E-state index contributed by atoms with van der Waals surface area (Å²) >= 11 is 0. The minimum absolute atomic E-state index is 0.165. The van der Waals surface area contributed by atoms with Crippen molar-refractivity contribution in [2.24, 2.45) is 0 Å². The molecule has 120 valence electrons. The fourth-order valence-electron chi connectivity index (χ4n) is 3.17. The van der Waals surface area contributed by atoms with E-state index in [1.165, 1.54) is 17.0 Å². The first-order valence-corrected chi connectivity index (χ1v) is 6.97. The molecule has 1 aromatic rings. The average Bonchev–Trinajstić information content (AvgIpc) is 2.96. The van der Waals surface area contributed by atoms with Crippen molar-refractivity contribution in [3.63, 3.8) is 0 Å². The van der Waals surface area contributed by atoms with E-state index in [0.717, 1.165) is 11.0 Å². The molecule has 1 atom stereocenters. The Hall–Kier alpha value is -2.56. The van der Waals surface area contributed by atoms with Crippen molar-refractivity contribution in [3.05, 3.63) is 29.3 Å². The lowest BCUT2D eigenvalue weighted by atomic mass is 9.99. The minimum atomic E-state index is -4.74. The zero-order valence-electron chi connectivity index (χ0n) is 12.1. The average molecular weight is 323 g/mol. The number of carbonyl (C=O) groups is 2. The predicted octanol–water partition coefficient (Wildman–Crippen LogP) is 2.90. The maximum Gasteiger partial charge on any atom is 0.417 e. The lowest BCUT2D eigenvalue weighted by Gasteiger charge is -2.22. The quantitative estimate of drug-likeness (QED) is 0.747. The van der Waals surface area contributed by atoms with E-state index in [1.54, 1.807) is 6.92 Å². The maximum absolute atomic E-state index is 13.1. The van der Waals surface area contributed by atoms with Crippen molar-refractivity contribution in [3.8, 4) is 6.07 Å². The van der Waals surface area contributed by atoms with Gasteiger partial charge in [0.2, 0.25) is 0 Å². The number of halogens is 3. The third kappa shape index (κ3) is 2.07. The molecule has 0 spiro atoms. The minimum Gasteiger partial charge on any atom is -0.309 e. The summed E-state index contributed by atoms with van der Waals surface area (Å²) in [5.41, 5.74) is -2.87. The summed E-state index contributed by atoms with van der Waals surface area (Å²) in [6, 6.07) is 3.70. The number of nitrogens with zero attached hydrogens (tertiary/aromatic N) is 3. The number of amides is 3. The van der Waals surface area contributed by atoms with Gasteiger partial charge in [-0.15, -0.1) is 0 Å². The SMILES string of the molecule is C[C@@]12CCCN1C(=O)N(c1ccc(C#N)c(C(F)(F)F)c1)C2=O. The number of imide groups is 1. The van der Waals surface area contributed by atoms with Crippen LogP contribution in [0.25, 0.3) is 0 Å². The van der Waals surface area contributed by atoms with E-state index in [1.807, 2.05) is 0 Å². The highest BCUT2D eigenvalue weighted by atomic mass is 19.4. The van der Waals surface area contributed by atoms with Gasteiger partial charge in [0, 0.05) is 6.54 Å². The molecule has 1 aromatic carbocycles. The fourth-order valence-corrected chi connectivity index (χ4v) is 3.17. The zero-order chi connectivity index (χ0) is 17.0. The second kappa shape index (κ2) is 4.72. The van der Waals surface area contributed by atoms with E-state index < -0.39 is 34.8 Å². The van der Waals surface area contributed by atoms with Gasteiger partial charge in [-0.2, -0.15) is 18.4 Å². The van der Waals surface area contributed by atoms with Crippen LogP contribution < -0.4 is 4.90 Å². The van der Waals surface area contributed by atoms with Crippen LogP contribution in [0.2, 0.25) is 0 Å². The first kappa shape index (κ1) is 15.3. The third-order valence-electron chi connectivity index (χ3n) is 4.41. The molecule has 0 bridgehead atoms. The first-order chi connectivity index (χ1) is 10.7. The van der Waals surface area contributed by atoms with E-state index >= 15 is 0 Å². The number of hydrogen-bond acceptors (Lipinski definition) is 3. The van der Waals surface area contributed by atoms with E-state index in [4.69, 9.17) is 5.26 Å². The van der Waals surface area contributed by atoms with Crippen LogP contribution in [-0.4, -0.2) is 28.9 Å². The molecule has 5 nitrogen and oxygen atoms in total. The van der Waals surface area contributed by atoms with Crippen LogP contribution in [0.1, 0.15) is 30.9 Å². The summed E-state index contributed by atoms with van der Waals surface area (Å²) in [5, 5.41) is 8.81. The van der Waals surface area contributed by atoms with Crippen molar-refractivity contribution >= 4 is 17.6 Å². The molecular formula is C15H12F3N3O2. The molecule has 0 N–H and O–H groups in total. The number of anilines is 1. The Morgan fingerprint density at radius 1 is 1.30 bits per heavy atom. The summed E-state index contributed by atoms with van der Waals surface area (Å²) in [4.78, 5) is 27.1. The van der Waals surface area contributed by atoms with E-state index in [0.29, 0.717) is 25.5 Å². The van der Waals surface area contributed by atoms with Gasteiger partial charge in [-0.25, -0.2) is 9.69 Å². The van der Waals surface area contributed by atoms with Gasteiger partial charge in [0.1, 0.15) is 5.54 Å². The van der Waals surface area contributed by atoms with Gasteiger partial charge in [0.05, 0.1) is 22.9 Å². The Bertz CT molecular complexity index is 753. The Balaban J connectivity index is 2.09. The maximum atomic E-state index is 13.1. The number of urea groups is 1. The highest BCUT2D eigenvalue weighted by molar-refractivity contribution is 6.23. The Morgan fingerprint density at radius 2 is 2.00 bits per heavy atom. The molecule has 0 unspecified atom stereocenters. The highest BCUT2D eigenvalue weighted by Crippen LogP contribution is 2.41. The van der Waals surface area contributed by atoms with Crippen LogP contribution in [0, 0.1) is 11.3 Å². The molecule has 2 fully saturated rings. The van der Waals surface area contributed by atoms with Crippen molar-refractivity contribution in [1.82, 2.24) is 4.90 Å². The lowest BCUT2D eigenvalue weighted by Crippen LogP contribution is -2.41. The molecule has 0 aromatic heterocycles. The van der Waals surface area contributed by atoms with Crippen LogP contribution in [0.5, 0.6) is 0 Å². The Morgan fingerprint density at radius 3 is 2.57 bits per heavy atom. The second-order valence-electron chi connectivity index (χ2n) is 5.79. The summed E-state index contributed by atoms with van der Waals surface area (Å²) in [6.07, 6.45) is -3.58. The molecule has 0 saturated carbocycles. The molecule has 3 amide bonds. The van der Waals surface area contributed by atoms with Crippen LogP contribution in [0.4, 0.5) is 23.7 Å². The Labute approximate surface area is 129 Å². The number of nitriles is 1. The second-order valence-corrected chi connectivity index (χ2v) is 5.79. The molecule has 0 radical (unpaired) electrons. The van der Waals surface area contributed by atoms with Gasteiger partial charge in [-0.05, 0) is 38.0 Å². The normalized spacial score (nSPS) is 24.1. The third-order valence-corrected chi connectivity index (χ3v) is 4.41. The van der Waals surface area contributed by atoms with Crippen LogP contribution in [0.15, 0.2) is 18.2 Å². The van der Waals surface area contributed by atoms with Crippen molar-refractivity contribution in [2.45, 2.75) is 31.5 Å². The summed E-state index contributed by atoms with van der Waals surface area (Å²) in [6.45, 7) is 2.02. The lowest BCUT2D eigenvalue weighted by molar-refractivity contribution is -0.137. The molecule has 3 rings (SSSR count). The van der Waals surface area contributed by atoms with Gasteiger partial charge < -0.3 is 4.90 Å². The molecular weight excluding hydrogens is 311 g/mol. The van der Waals surface area contributed by atoms with E-state index in [9.17, 15) is 22.8 Å². The first-order valence-electron chi connectivity index (χ1n) is 6.97. The summed E-state index contributed by atoms with van der Waals surface area (Å²) in [7, 11) is 0. The summed E-state index contributed by atoms with van der Waals surface area (Å²) < 4.78 is 39.2. The topological polar surface area (TPSA) is 64.4 Å². The molecule has 2 aliphatic heterocycles. The molecule has 2 saturated heterocycles. The molecule has 2 heterocycles. The van der Waals surface area contributed by atoms with Gasteiger partial charge >= 0.3 is 12.2 Å². The van der Waals surface area contributed by atoms with Crippen LogP contribution >= 0.6 is 0 Å². The fraction of sp³-hybridized carbons (Fsp3) is 0.400. The van der Waals surface area contributed by atoms with Gasteiger partial charge in [-0.3, -0.25) is 4.79 Å². The van der Waals surface area contributed by atoms with Gasteiger partial charge in [0.15, 0.2) is 0 Å². The Kier molecular flexibility index (Phi) is 3.15. The molecule has 2 aliphatic rings. The van der Waals surface area contributed by atoms with Crippen molar-refractivity contribution in [1.29, 1.82) is 5.26 Å². The molecule has 8 heteroatoms. The van der Waals surface area contributed by atoms with Crippen LogP contribution in [0.3, 0.4) is 0 Å². The predicted molar refractivity (Wildman–Crippen MR) is 73.4 cm³/mol. The van der Waals surface area contributed by atoms with E-state index in [-0.39, 0.29) is 5.69 Å². The number of fused-ring (bicyclic) bond motifs is 1. The standard InChI is InChI=1S/C15H12F3N3O2/c1-14-5-2-6-20(14)13(23)21(12(14)22)10-4-3-9(8-19)11(7-10)15(16,17)18/h3-4,7H,2,5-6H2,1H3/t14-/m0/s1. The number of benzene rings is 1. The monoisotopic (exact) mass is 323 g/mol. The molecule has 0 aliphatic carbocycles. The smallest absolute Gasteiger partial charge is 0.309 e. The number of rotatable bonds is 1. The van der Waals surface area contributed by atoms with Gasteiger partial charge in [-0.1, -0.05) is 0 Å². The zero-order valence-corrected chi connectivity index (χ0v) is 12.1. The molecule has 23 heavy (non-hydrogen) atoms. The van der Waals surface area contributed by atoms with Crippen LogP contribution in [-0.2, 0) is 11.0 Å². The summed E-state index contributed by atoms with van der Waals surface area (Å²) in [5.74, 6) is -0.530. The number of alkyl halides is 3. The van der Waals surface area contributed by atoms with Crippen molar-refractivity contribution < 1.29 is 22.8 Å². The number of carbonyl (C=O) groups excluding carboxylic acids is 2. The largest absolute Gasteiger partial charge is 0.417 e. The van der Waals surface area contributed by atoms with E-state index in [2.05, 4.69) is 0 Å².